The molecule has 1 aliphatic rings. The molecule has 2 amide bonds. The summed E-state index contributed by atoms with van der Waals surface area (Å²) in [4.78, 5) is 26.2. The van der Waals surface area contributed by atoms with Crippen LogP contribution in [0.3, 0.4) is 0 Å². The molecule has 0 bridgehead atoms. The van der Waals surface area contributed by atoms with Crippen molar-refractivity contribution in [2.75, 3.05) is 13.1 Å². The Balaban J connectivity index is 1.51. The number of benzene rings is 2. The second kappa shape index (κ2) is 8.46. The Hall–Kier alpha value is -2.83. The lowest BCUT2D eigenvalue weighted by atomic mass is 10.1. The number of alkyl halides is 3. The van der Waals surface area contributed by atoms with Crippen molar-refractivity contribution in [1.29, 1.82) is 0 Å². The first-order valence-corrected chi connectivity index (χ1v) is 9.08. The fourth-order valence-electron chi connectivity index (χ4n) is 3.26. The molecule has 1 saturated heterocycles. The van der Waals surface area contributed by atoms with E-state index < -0.39 is 17.7 Å². The minimum absolute atomic E-state index is 0.00252. The minimum Gasteiger partial charge on any atom is -0.352 e. The lowest BCUT2D eigenvalue weighted by Crippen LogP contribution is -2.33. The molecule has 7 heteroatoms. The highest BCUT2D eigenvalue weighted by atomic mass is 19.4. The van der Waals surface area contributed by atoms with Crippen LogP contribution >= 0.6 is 0 Å². The summed E-state index contributed by atoms with van der Waals surface area (Å²) in [5.41, 5.74) is 0.739. The van der Waals surface area contributed by atoms with Crippen LogP contribution in [0.5, 0.6) is 0 Å². The molecule has 0 saturated carbocycles. The third-order valence-corrected chi connectivity index (χ3v) is 4.82. The molecule has 1 fully saturated rings. The third kappa shape index (κ3) is 5.12. The summed E-state index contributed by atoms with van der Waals surface area (Å²) in [5, 5.41) is 2.65. The predicted molar refractivity (Wildman–Crippen MR) is 98.1 cm³/mol. The van der Waals surface area contributed by atoms with Gasteiger partial charge in [0.15, 0.2) is 0 Å². The highest BCUT2D eigenvalue weighted by Gasteiger charge is 2.34. The van der Waals surface area contributed by atoms with Gasteiger partial charge in [-0.1, -0.05) is 42.5 Å². The molecule has 0 spiro atoms. The molecule has 1 heterocycles. The summed E-state index contributed by atoms with van der Waals surface area (Å²) < 4.78 is 38.3. The Morgan fingerprint density at radius 1 is 1.07 bits per heavy atom. The van der Waals surface area contributed by atoms with Gasteiger partial charge in [-0.3, -0.25) is 9.59 Å². The predicted octanol–water partition coefficient (Wildman–Crippen LogP) is 3.41. The van der Waals surface area contributed by atoms with Crippen LogP contribution in [-0.4, -0.2) is 29.8 Å². The van der Waals surface area contributed by atoms with Crippen molar-refractivity contribution < 1.29 is 22.8 Å². The summed E-state index contributed by atoms with van der Waals surface area (Å²) in [7, 11) is 0. The highest BCUT2D eigenvalue weighted by molar-refractivity contribution is 5.89. The van der Waals surface area contributed by atoms with Crippen LogP contribution < -0.4 is 5.32 Å². The van der Waals surface area contributed by atoms with Crippen molar-refractivity contribution in [1.82, 2.24) is 10.2 Å². The van der Waals surface area contributed by atoms with Gasteiger partial charge in [0.1, 0.15) is 0 Å². The Morgan fingerprint density at radius 2 is 1.79 bits per heavy atom. The Morgan fingerprint density at radius 3 is 2.50 bits per heavy atom. The number of halogens is 3. The van der Waals surface area contributed by atoms with E-state index in [-0.39, 0.29) is 24.8 Å². The molecule has 0 aromatic heterocycles. The van der Waals surface area contributed by atoms with Crippen molar-refractivity contribution in [3.8, 4) is 0 Å². The number of hydrogen-bond acceptors (Lipinski definition) is 2. The highest BCUT2D eigenvalue weighted by Crippen LogP contribution is 2.29. The maximum absolute atomic E-state index is 12.8. The van der Waals surface area contributed by atoms with Crippen molar-refractivity contribution in [2.24, 2.45) is 5.92 Å². The molecular formula is C21H21F3N2O2. The van der Waals surface area contributed by atoms with E-state index >= 15 is 0 Å². The van der Waals surface area contributed by atoms with Gasteiger partial charge in [-0.15, -0.1) is 0 Å². The van der Waals surface area contributed by atoms with Gasteiger partial charge in [0.05, 0.1) is 11.5 Å². The Labute approximate surface area is 161 Å². The van der Waals surface area contributed by atoms with E-state index in [9.17, 15) is 22.8 Å². The van der Waals surface area contributed by atoms with E-state index in [0.717, 1.165) is 17.7 Å². The van der Waals surface area contributed by atoms with Gasteiger partial charge in [-0.25, -0.2) is 0 Å². The SMILES string of the molecule is O=C(NCc1cccc(C(F)(F)F)c1)C1CC(=O)N(CCc2ccccc2)C1. The molecule has 1 unspecified atom stereocenters. The maximum atomic E-state index is 12.8. The van der Waals surface area contributed by atoms with Crippen LogP contribution in [0.25, 0.3) is 0 Å². The van der Waals surface area contributed by atoms with Gasteiger partial charge < -0.3 is 10.2 Å². The molecule has 0 aliphatic carbocycles. The topological polar surface area (TPSA) is 49.4 Å². The van der Waals surface area contributed by atoms with E-state index in [1.54, 1.807) is 4.90 Å². The summed E-state index contributed by atoms with van der Waals surface area (Å²) in [5.74, 6) is -0.864. The molecule has 2 aromatic carbocycles. The molecular weight excluding hydrogens is 369 g/mol. The Kier molecular flexibility index (Phi) is 6.02. The smallest absolute Gasteiger partial charge is 0.352 e. The molecule has 2 aromatic rings. The number of likely N-dealkylation sites (tertiary alicyclic amines) is 1. The maximum Gasteiger partial charge on any atom is 0.416 e. The molecule has 28 heavy (non-hydrogen) atoms. The second-order valence-electron chi connectivity index (χ2n) is 6.89. The number of carbonyl (C=O) groups is 2. The first kappa shape index (κ1) is 19.9. The zero-order valence-corrected chi connectivity index (χ0v) is 15.2. The van der Waals surface area contributed by atoms with Crippen molar-refractivity contribution in [3.05, 3.63) is 71.3 Å². The number of amides is 2. The molecule has 3 rings (SSSR count). The van der Waals surface area contributed by atoms with E-state index in [2.05, 4.69) is 5.32 Å². The van der Waals surface area contributed by atoms with Gasteiger partial charge in [0, 0.05) is 26.1 Å². The molecule has 1 aliphatic heterocycles. The largest absolute Gasteiger partial charge is 0.416 e. The van der Waals surface area contributed by atoms with Gasteiger partial charge in [0.25, 0.3) is 0 Å². The summed E-state index contributed by atoms with van der Waals surface area (Å²) in [6.07, 6.45) is -3.58. The van der Waals surface area contributed by atoms with Crippen molar-refractivity contribution in [2.45, 2.75) is 25.6 Å². The normalized spacial score (nSPS) is 17.0. The average Bonchev–Trinajstić information content (AvgIpc) is 3.05. The molecule has 4 nitrogen and oxygen atoms in total. The first-order valence-electron chi connectivity index (χ1n) is 9.08. The monoisotopic (exact) mass is 390 g/mol. The molecule has 1 atom stereocenters. The number of nitrogens with one attached hydrogen (secondary N) is 1. The van der Waals surface area contributed by atoms with Gasteiger partial charge >= 0.3 is 6.18 Å². The quantitative estimate of drug-likeness (QED) is 0.822. The Bertz CT molecular complexity index is 837. The van der Waals surface area contributed by atoms with E-state index in [0.29, 0.717) is 25.1 Å². The molecule has 0 radical (unpaired) electrons. The van der Waals surface area contributed by atoms with Crippen LogP contribution in [0.15, 0.2) is 54.6 Å². The summed E-state index contributed by atoms with van der Waals surface area (Å²) in [6, 6.07) is 14.6. The number of hydrogen-bond donors (Lipinski definition) is 1. The third-order valence-electron chi connectivity index (χ3n) is 4.82. The fourth-order valence-corrected chi connectivity index (χ4v) is 3.26. The van der Waals surface area contributed by atoms with Crippen LogP contribution in [0, 0.1) is 5.92 Å². The van der Waals surface area contributed by atoms with Gasteiger partial charge in [-0.05, 0) is 29.7 Å². The zero-order chi connectivity index (χ0) is 20.1. The lowest BCUT2D eigenvalue weighted by molar-refractivity contribution is -0.137. The number of carbonyl (C=O) groups excluding carboxylic acids is 2. The minimum atomic E-state index is -4.42. The second-order valence-corrected chi connectivity index (χ2v) is 6.89. The zero-order valence-electron chi connectivity index (χ0n) is 15.2. The van der Waals surface area contributed by atoms with Crippen LogP contribution in [-0.2, 0) is 28.7 Å². The van der Waals surface area contributed by atoms with Gasteiger partial charge in [-0.2, -0.15) is 13.2 Å². The van der Waals surface area contributed by atoms with Crippen LogP contribution in [0.2, 0.25) is 0 Å². The van der Waals surface area contributed by atoms with Crippen molar-refractivity contribution in [3.63, 3.8) is 0 Å². The standard InChI is InChI=1S/C21H21F3N2O2/c22-21(23,24)18-8-4-7-16(11-18)13-25-20(28)17-12-19(27)26(14-17)10-9-15-5-2-1-3-6-15/h1-8,11,17H,9-10,12-14H2,(H,25,28). The van der Waals surface area contributed by atoms with E-state index in [1.807, 2.05) is 30.3 Å². The lowest BCUT2D eigenvalue weighted by Gasteiger charge is -2.16. The number of nitrogens with zero attached hydrogens (tertiary/aromatic N) is 1. The van der Waals surface area contributed by atoms with Gasteiger partial charge in [0.2, 0.25) is 11.8 Å². The van der Waals surface area contributed by atoms with Crippen LogP contribution in [0.1, 0.15) is 23.1 Å². The molecule has 1 N–H and O–H groups in total. The first-order chi connectivity index (χ1) is 13.3. The molecule has 148 valence electrons. The summed E-state index contributed by atoms with van der Waals surface area (Å²) >= 11 is 0. The van der Waals surface area contributed by atoms with E-state index in [1.165, 1.54) is 12.1 Å². The average molecular weight is 390 g/mol. The van der Waals surface area contributed by atoms with E-state index in [4.69, 9.17) is 0 Å². The fraction of sp³-hybridized carbons (Fsp3) is 0.333. The van der Waals surface area contributed by atoms with Crippen LogP contribution in [0.4, 0.5) is 13.2 Å². The number of rotatable bonds is 6. The van der Waals surface area contributed by atoms with Crippen molar-refractivity contribution >= 4 is 11.8 Å². The summed E-state index contributed by atoms with van der Waals surface area (Å²) in [6.45, 7) is 0.873.